The molecule has 0 radical (unpaired) electrons. The van der Waals surface area contributed by atoms with Crippen LogP contribution in [0.4, 0.5) is 5.69 Å². The SMILES string of the molecule is O=C1CSc2ccc(C(=O)NNC(=O)c3cc(Cl)ccc3Cl)cc2N1. The second kappa shape index (κ2) is 7.35. The van der Waals surface area contributed by atoms with Gasteiger partial charge in [-0.25, -0.2) is 0 Å². The number of nitrogens with one attached hydrogen (secondary N) is 3. The molecule has 0 saturated carbocycles. The van der Waals surface area contributed by atoms with Gasteiger partial charge in [-0.05, 0) is 36.4 Å². The number of anilines is 1. The minimum atomic E-state index is -0.595. The molecular formula is C16H11Cl2N3O3S. The smallest absolute Gasteiger partial charge is 0.271 e. The summed E-state index contributed by atoms with van der Waals surface area (Å²) in [6.45, 7) is 0. The normalized spacial score (nSPS) is 12.8. The molecule has 0 spiro atoms. The third-order valence-corrected chi connectivity index (χ3v) is 4.98. The third-order valence-electron chi connectivity index (χ3n) is 3.34. The summed E-state index contributed by atoms with van der Waals surface area (Å²) in [7, 11) is 0. The van der Waals surface area contributed by atoms with E-state index in [9.17, 15) is 14.4 Å². The van der Waals surface area contributed by atoms with Gasteiger partial charge in [-0.1, -0.05) is 23.2 Å². The second-order valence-electron chi connectivity index (χ2n) is 5.08. The van der Waals surface area contributed by atoms with Crippen molar-refractivity contribution in [2.24, 2.45) is 0 Å². The van der Waals surface area contributed by atoms with Crippen LogP contribution >= 0.6 is 35.0 Å². The topological polar surface area (TPSA) is 87.3 Å². The molecule has 25 heavy (non-hydrogen) atoms. The van der Waals surface area contributed by atoms with E-state index in [0.717, 1.165) is 4.90 Å². The Morgan fingerprint density at radius 1 is 1.04 bits per heavy atom. The Kier molecular flexibility index (Phi) is 5.17. The molecule has 0 bridgehead atoms. The van der Waals surface area contributed by atoms with E-state index in [1.54, 1.807) is 24.3 Å². The van der Waals surface area contributed by atoms with E-state index in [1.807, 2.05) is 0 Å². The van der Waals surface area contributed by atoms with E-state index < -0.39 is 11.8 Å². The zero-order valence-electron chi connectivity index (χ0n) is 12.6. The van der Waals surface area contributed by atoms with Crippen molar-refractivity contribution in [1.29, 1.82) is 0 Å². The molecule has 2 aromatic rings. The van der Waals surface area contributed by atoms with Gasteiger partial charge in [-0.2, -0.15) is 0 Å². The summed E-state index contributed by atoms with van der Waals surface area (Å²) in [6, 6.07) is 9.34. The second-order valence-corrected chi connectivity index (χ2v) is 6.94. The molecule has 9 heteroatoms. The largest absolute Gasteiger partial charge is 0.324 e. The van der Waals surface area contributed by atoms with Gasteiger partial charge in [0.2, 0.25) is 5.91 Å². The zero-order chi connectivity index (χ0) is 18.0. The standard InChI is InChI=1S/C16H11Cl2N3O3S/c17-9-2-3-11(18)10(6-9)16(24)21-20-15(23)8-1-4-13-12(5-8)19-14(22)7-25-13/h1-6H,7H2,(H,19,22)(H,20,23)(H,21,24). The minimum Gasteiger partial charge on any atom is -0.324 e. The van der Waals surface area contributed by atoms with Crippen LogP contribution in [0.25, 0.3) is 0 Å². The number of carbonyl (C=O) groups is 3. The van der Waals surface area contributed by atoms with Gasteiger partial charge >= 0.3 is 0 Å². The minimum absolute atomic E-state index is 0.126. The van der Waals surface area contributed by atoms with Gasteiger partial charge in [0, 0.05) is 15.5 Å². The van der Waals surface area contributed by atoms with Crippen LogP contribution in [0.1, 0.15) is 20.7 Å². The Labute approximate surface area is 157 Å². The van der Waals surface area contributed by atoms with E-state index in [1.165, 1.54) is 23.9 Å². The van der Waals surface area contributed by atoms with Crippen molar-refractivity contribution >= 4 is 58.4 Å². The van der Waals surface area contributed by atoms with Gasteiger partial charge < -0.3 is 5.32 Å². The highest BCUT2D eigenvalue weighted by Gasteiger charge is 2.18. The van der Waals surface area contributed by atoms with Gasteiger partial charge in [0.15, 0.2) is 0 Å². The average molecular weight is 396 g/mol. The van der Waals surface area contributed by atoms with Gasteiger partial charge in [0.05, 0.1) is 22.0 Å². The molecule has 0 saturated heterocycles. The maximum atomic E-state index is 12.2. The number of hydrazine groups is 1. The number of hydrogen-bond donors (Lipinski definition) is 3. The van der Waals surface area contributed by atoms with Crippen LogP contribution in [0.5, 0.6) is 0 Å². The van der Waals surface area contributed by atoms with Gasteiger partial charge in [-0.3, -0.25) is 25.2 Å². The summed E-state index contributed by atoms with van der Waals surface area (Å²) < 4.78 is 0. The van der Waals surface area contributed by atoms with Crippen LogP contribution in [-0.2, 0) is 4.79 Å². The molecule has 0 aliphatic carbocycles. The number of carbonyl (C=O) groups excluding carboxylic acids is 3. The predicted molar refractivity (Wildman–Crippen MR) is 97.2 cm³/mol. The molecule has 1 heterocycles. The summed E-state index contributed by atoms with van der Waals surface area (Å²) in [6.07, 6.45) is 0. The lowest BCUT2D eigenvalue weighted by atomic mass is 10.2. The quantitative estimate of drug-likeness (QED) is 0.681. The predicted octanol–water partition coefficient (Wildman–Crippen LogP) is 3.11. The van der Waals surface area contributed by atoms with Crippen molar-refractivity contribution in [2.75, 3.05) is 11.1 Å². The van der Waals surface area contributed by atoms with Crippen LogP contribution in [0, 0.1) is 0 Å². The first kappa shape index (κ1) is 17.6. The van der Waals surface area contributed by atoms with Crippen molar-refractivity contribution in [3.8, 4) is 0 Å². The van der Waals surface area contributed by atoms with Crippen molar-refractivity contribution in [2.45, 2.75) is 4.90 Å². The van der Waals surface area contributed by atoms with Crippen LogP contribution in [0.3, 0.4) is 0 Å². The highest BCUT2D eigenvalue weighted by molar-refractivity contribution is 8.00. The van der Waals surface area contributed by atoms with Crippen LogP contribution in [-0.4, -0.2) is 23.5 Å². The monoisotopic (exact) mass is 395 g/mol. The first-order valence-electron chi connectivity index (χ1n) is 7.06. The van der Waals surface area contributed by atoms with Crippen molar-refractivity contribution in [3.05, 3.63) is 57.6 Å². The summed E-state index contributed by atoms with van der Waals surface area (Å²) >= 11 is 13.2. The van der Waals surface area contributed by atoms with Gasteiger partial charge in [0.25, 0.3) is 11.8 Å². The first-order valence-corrected chi connectivity index (χ1v) is 8.80. The Morgan fingerprint density at radius 3 is 2.60 bits per heavy atom. The van der Waals surface area contributed by atoms with Gasteiger partial charge in [-0.15, -0.1) is 11.8 Å². The van der Waals surface area contributed by atoms with Crippen molar-refractivity contribution in [3.63, 3.8) is 0 Å². The highest BCUT2D eigenvalue weighted by Crippen LogP contribution is 2.31. The number of benzene rings is 2. The zero-order valence-corrected chi connectivity index (χ0v) is 14.9. The van der Waals surface area contributed by atoms with Crippen LogP contribution < -0.4 is 16.2 Å². The number of amides is 3. The summed E-state index contributed by atoms with van der Waals surface area (Å²) in [5.74, 6) is -0.907. The number of hydrogen-bond acceptors (Lipinski definition) is 4. The first-order chi connectivity index (χ1) is 11.9. The maximum Gasteiger partial charge on any atom is 0.271 e. The molecule has 3 rings (SSSR count). The molecule has 6 nitrogen and oxygen atoms in total. The van der Waals surface area contributed by atoms with Crippen LogP contribution in [0.15, 0.2) is 41.3 Å². The summed E-state index contributed by atoms with van der Waals surface area (Å²) in [5.41, 5.74) is 5.58. The molecular weight excluding hydrogens is 385 g/mol. The molecule has 0 fully saturated rings. The van der Waals surface area contributed by atoms with E-state index in [4.69, 9.17) is 23.2 Å². The fourth-order valence-electron chi connectivity index (χ4n) is 2.15. The summed E-state index contributed by atoms with van der Waals surface area (Å²) in [4.78, 5) is 36.6. The average Bonchev–Trinajstić information content (AvgIpc) is 2.60. The molecule has 1 aliphatic rings. The Balaban J connectivity index is 1.68. The lowest BCUT2D eigenvalue weighted by molar-refractivity contribution is -0.113. The van der Waals surface area contributed by atoms with Crippen LogP contribution in [0.2, 0.25) is 10.0 Å². The van der Waals surface area contributed by atoms with Crippen molar-refractivity contribution < 1.29 is 14.4 Å². The maximum absolute atomic E-state index is 12.2. The van der Waals surface area contributed by atoms with E-state index in [-0.39, 0.29) is 16.5 Å². The third kappa shape index (κ3) is 4.07. The molecule has 3 N–H and O–H groups in total. The molecule has 128 valence electrons. The molecule has 3 amide bonds. The number of fused-ring (bicyclic) bond motifs is 1. The van der Waals surface area contributed by atoms with Crippen molar-refractivity contribution in [1.82, 2.24) is 10.9 Å². The molecule has 0 atom stereocenters. The Hall–Kier alpha value is -2.22. The lowest BCUT2D eigenvalue weighted by Crippen LogP contribution is -2.41. The number of thioether (sulfide) groups is 1. The fourth-order valence-corrected chi connectivity index (χ4v) is 3.31. The lowest BCUT2D eigenvalue weighted by Gasteiger charge is -2.17. The Morgan fingerprint density at radius 2 is 1.80 bits per heavy atom. The van der Waals surface area contributed by atoms with Gasteiger partial charge in [0.1, 0.15) is 0 Å². The van der Waals surface area contributed by atoms with E-state index >= 15 is 0 Å². The molecule has 1 aliphatic heterocycles. The van der Waals surface area contributed by atoms with E-state index in [0.29, 0.717) is 22.0 Å². The Bertz CT molecular complexity index is 889. The summed E-state index contributed by atoms with van der Waals surface area (Å²) in [5, 5.41) is 3.26. The van der Waals surface area contributed by atoms with E-state index in [2.05, 4.69) is 16.2 Å². The molecule has 2 aromatic carbocycles. The molecule has 0 aromatic heterocycles. The number of rotatable bonds is 2. The fraction of sp³-hybridized carbons (Fsp3) is 0.0625. The molecule has 0 unspecified atom stereocenters. The highest BCUT2D eigenvalue weighted by atomic mass is 35.5. The number of halogens is 2.